The molecule has 0 radical (unpaired) electrons. The van der Waals surface area contributed by atoms with Gasteiger partial charge in [-0.2, -0.15) is 0 Å². The molecule has 168 valence electrons. The summed E-state index contributed by atoms with van der Waals surface area (Å²) in [6.07, 6.45) is 14.3. The second kappa shape index (κ2) is 11.8. The first kappa shape index (κ1) is 23.3. The molecule has 0 aliphatic heterocycles. The van der Waals surface area contributed by atoms with Crippen molar-refractivity contribution in [2.75, 3.05) is 0 Å². The summed E-state index contributed by atoms with van der Waals surface area (Å²) in [7, 11) is 0. The Morgan fingerprint density at radius 1 is 0.935 bits per heavy atom. The molecular weight excluding hydrogens is 386 g/mol. The molecule has 5 nitrogen and oxygen atoms in total. The number of aliphatic hydroxyl groups is 1. The summed E-state index contributed by atoms with van der Waals surface area (Å²) >= 11 is 0. The second-order valence-corrected chi connectivity index (χ2v) is 8.54. The van der Waals surface area contributed by atoms with Crippen LogP contribution in [-0.4, -0.2) is 24.7 Å². The molecule has 0 amide bonds. The minimum absolute atomic E-state index is 0.142. The first-order chi connectivity index (χ1) is 15.2. The van der Waals surface area contributed by atoms with E-state index >= 15 is 0 Å². The van der Waals surface area contributed by atoms with Gasteiger partial charge in [0.15, 0.2) is 0 Å². The van der Waals surface area contributed by atoms with E-state index in [1.807, 2.05) is 18.2 Å². The Hall–Kier alpha value is -2.40. The number of aryl methyl sites for hydroxylation is 2. The third kappa shape index (κ3) is 6.07. The van der Waals surface area contributed by atoms with E-state index < -0.39 is 0 Å². The molecule has 0 aliphatic carbocycles. The maximum absolute atomic E-state index is 10.6. The summed E-state index contributed by atoms with van der Waals surface area (Å²) in [5, 5.41) is 20.4. The minimum Gasteiger partial charge on any atom is -0.506 e. The van der Waals surface area contributed by atoms with Crippen molar-refractivity contribution >= 4 is 11.0 Å². The van der Waals surface area contributed by atoms with E-state index in [1.54, 1.807) is 13.1 Å². The number of rotatable bonds is 13. The zero-order chi connectivity index (χ0) is 22.1. The van der Waals surface area contributed by atoms with Crippen LogP contribution in [0.5, 0.6) is 5.75 Å². The number of imidazole rings is 1. The third-order valence-electron chi connectivity index (χ3n) is 6.15. The van der Waals surface area contributed by atoms with E-state index in [-0.39, 0.29) is 12.4 Å². The van der Waals surface area contributed by atoms with E-state index in [0.717, 1.165) is 35.3 Å². The van der Waals surface area contributed by atoms with Crippen LogP contribution in [0.1, 0.15) is 87.4 Å². The average Bonchev–Trinajstić information content (AvgIpc) is 3.13. The van der Waals surface area contributed by atoms with Crippen molar-refractivity contribution in [1.82, 2.24) is 14.5 Å². The van der Waals surface area contributed by atoms with Crippen LogP contribution < -0.4 is 0 Å². The lowest BCUT2D eigenvalue weighted by atomic mass is 10.1. The molecule has 2 N–H and O–H groups in total. The highest BCUT2D eigenvalue weighted by Gasteiger charge is 2.16. The molecular formula is C26H37N3O2. The molecule has 0 saturated carbocycles. The summed E-state index contributed by atoms with van der Waals surface area (Å²) in [4.78, 5) is 9.08. The number of aromatic hydroxyl groups is 1. The molecule has 2 heterocycles. The first-order valence-electron chi connectivity index (χ1n) is 11.9. The van der Waals surface area contributed by atoms with Crippen LogP contribution in [0.3, 0.4) is 0 Å². The molecule has 0 unspecified atom stereocenters. The van der Waals surface area contributed by atoms with Gasteiger partial charge in [0.05, 0.1) is 29.9 Å². The van der Waals surface area contributed by atoms with Gasteiger partial charge in [-0.05, 0) is 25.5 Å². The van der Waals surface area contributed by atoms with Gasteiger partial charge in [0.2, 0.25) is 0 Å². The number of hydrogen-bond donors (Lipinski definition) is 2. The quantitative estimate of drug-likeness (QED) is 0.328. The number of aromatic nitrogens is 3. The number of pyridine rings is 1. The summed E-state index contributed by atoms with van der Waals surface area (Å²) in [6, 6.07) is 8.14. The minimum atomic E-state index is -0.142. The van der Waals surface area contributed by atoms with Gasteiger partial charge < -0.3 is 14.8 Å². The summed E-state index contributed by atoms with van der Waals surface area (Å²) in [5.41, 5.74) is 4.01. The monoisotopic (exact) mass is 423 g/mol. The molecule has 2 aromatic heterocycles. The van der Waals surface area contributed by atoms with Gasteiger partial charge in [-0.3, -0.25) is 4.98 Å². The van der Waals surface area contributed by atoms with Crippen molar-refractivity contribution in [3.8, 4) is 5.75 Å². The van der Waals surface area contributed by atoms with E-state index in [1.165, 1.54) is 51.4 Å². The highest BCUT2D eigenvalue weighted by Crippen LogP contribution is 2.28. The Balaban J connectivity index is 1.68. The van der Waals surface area contributed by atoms with Crippen molar-refractivity contribution in [1.29, 1.82) is 0 Å². The normalized spacial score (nSPS) is 11.5. The van der Waals surface area contributed by atoms with Crippen molar-refractivity contribution in [2.45, 2.75) is 91.2 Å². The standard InChI is InChI=1S/C26H37N3O2/c1-3-4-5-6-7-8-9-10-11-16-25-28-23-14-12-13-15-24(23)29(25)18-22-21(19-30)17-27-20(2)26(22)31/h12-15,17,30-31H,3-11,16,18-19H2,1-2H3. The van der Waals surface area contributed by atoms with Crippen molar-refractivity contribution < 1.29 is 10.2 Å². The number of aliphatic hydroxyl groups excluding tert-OH is 1. The fourth-order valence-corrected chi connectivity index (χ4v) is 4.24. The number of hydrogen-bond acceptors (Lipinski definition) is 4. The smallest absolute Gasteiger partial charge is 0.142 e. The Morgan fingerprint density at radius 2 is 1.61 bits per heavy atom. The molecule has 0 spiro atoms. The van der Waals surface area contributed by atoms with Gasteiger partial charge in [-0.1, -0.05) is 70.4 Å². The molecule has 1 aromatic carbocycles. The van der Waals surface area contributed by atoms with Crippen molar-refractivity contribution in [3.63, 3.8) is 0 Å². The lowest BCUT2D eigenvalue weighted by Gasteiger charge is -2.15. The van der Waals surface area contributed by atoms with E-state index in [4.69, 9.17) is 4.98 Å². The summed E-state index contributed by atoms with van der Waals surface area (Å²) in [5.74, 6) is 1.21. The number of para-hydroxylation sites is 2. The highest BCUT2D eigenvalue weighted by molar-refractivity contribution is 5.76. The molecule has 0 bridgehead atoms. The first-order valence-corrected chi connectivity index (χ1v) is 11.9. The molecule has 0 fully saturated rings. The Morgan fingerprint density at radius 3 is 2.32 bits per heavy atom. The average molecular weight is 424 g/mol. The van der Waals surface area contributed by atoms with Gasteiger partial charge in [0.25, 0.3) is 0 Å². The van der Waals surface area contributed by atoms with E-state index in [0.29, 0.717) is 17.8 Å². The van der Waals surface area contributed by atoms with E-state index in [9.17, 15) is 10.2 Å². The van der Waals surface area contributed by atoms with Gasteiger partial charge in [-0.25, -0.2) is 4.98 Å². The van der Waals surface area contributed by atoms with Crippen LogP contribution in [0.2, 0.25) is 0 Å². The summed E-state index contributed by atoms with van der Waals surface area (Å²) < 4.78 is 2.19. The lowest BCUT2D eigenvalue weighted by molar-refractivity contribution is 0.278. The number of benzene rings is 1. The van der Waals surface area contributed by atoms with Crippen molar-refractivity contribution in [3.05, 3.63) is 53.1 Å². The summed E-state index contributed by atoms with van der Waals surface area (Å²) in [6.45, 7) is 4.39. The van der Waals surface area contributed by atoms with Crippen LogP contribution in [-0.2, 0) is 19.6 Å². The zero-order valence-electron chi connectivity index (χ0n) is 19.1. The van der Waals surface area contributed by atoms with Crippen LogP contribution >= 0.6 is 0 Å². The van der Waals surface area contributed by atoms with Crippen LogP contribution in [0, 0.1) is 6.92 Å². The molecule has 3 rings (SSSR count). The van der Waals surface area contributed by atoms with Gasteiger partial charge in [0, 0.05) is 23.7 Å². The lowest BCUT2D eigenvalue weighted by Crippen LogP contribution is -2.09. The van der Waals surface area contributed by atoms with Gasteiger partial charge in [0.1, 0.15) is 11.6 Å². The van der Waals surface area contributed by atoms with E-state index in [2.05, 4.69) is 22.5 Å². The Bertz CT molecular complexity index is 965. The van der Waals surface area contributed by atoms with Crippen LogP contribution in [0.4, 0.5) is 0 Å². The molecule has 0 aliphatic rings. The molecule has 5 heteroatoms. The zero-order valence-corrected chi connectivity index (χ0v) is 19.1. The van der Waals surface area contributed by atoms with Gasteiger partial charge >= 0.3 is 0 Å². The predicted octanol–water partition coefficient (Wildman–Crippen LogP) is 6.06. The Kier molecular flexibility index (Phi) is 8.89. The Labute approximate surface area is 186 Å². The molecule has 31 heavy (non-hydrogen) atoms. The maximum Gasteiger partial charge on any atom is 0.142 e. The molecule has 3 aromatic rings. The second-order valence-electron chi connectivity index (χ2n) is 8.54. The maximum atomic E-state index is 10.6. The number of nitrogens with zero attached hydrogens (tertiary/aromatic N) is 3. The molecule has 0 atom stereocenters. The fourth-order valence-electron chi connectivity index (χ4n) is 4.24. The highest BCUT2D eigenvalue weighted by atomic mass is 16.3. The number of unbranched alkanes of at least 4 members (excludes halogenated alkanes) is 8. The largest absolute Gasteiger partial charge is 0.506 e. The predicted molar refractivity (Wildman–Crippen MR) is 126 cm³/mol. The van der Waals surface area contributed by atoms with Crippen molar-refractivity contribution in [2.24, 2.45) is 0 Å². The van der Waals surface area contributed by atoms with Crippen LogP contribution in [0.25, 0.3) is 11.0 Å². The molecule has 0 saturated heterocycles. The number of fused-ring (bicyclic) bond motifs is 1. The van der Waals surface area contributed by atoms with Crippen LogP contribution in [0.15, 0.2) is 30.5 Å². The fraction of sp³-hybridized carbons (Fsp3) is 0.538. The topological polar surface area (TPSA) is 71.2 Å². The SMILES string of the molecule is CCCCCCCCCCCc1nc2ccccc2n1Cc1c(CO)cnc(C)c1O. The third-order valence-corrected chi connectivity index (χ3v) is 6.15. The van der Waals surface area contributed by atoms with Gasteiger partial charge in [-0.15, -0.1) is 0 Å².